The van der Waals surface area contributed by atoms with Crippen LogP contribution in [-0.2, 0) is 4.74 Å². The summed E-state index contributed by atoms with van der Waals surface area (Å²) in [4.78, 5) is 11.5. The summed E-state index contributed by atoms with van der Waals surface area (Å²) < 4.78 is 4.63. The van der Waals surface area contributed by atoms with Gasteiger partial charge in [0.25, 0.3) is 0 Å². The Morgan fingerprint density at radius 3 is 2.56 bits per heavy atom. The molecule has 0 bridgehead atoms. The highest BCUT2D eigenvalue weighted by Crippen LogP contribution is 2.31. The first kappa shape index (κ1) is 10.3. The zero-order chi connectivity index (χ0) is 11.7. The van der Waals surface area contributed by atoms with E-state index < -0.39 is 5.97 Å². The van der Waals surface area contributed by atoms with Gasteiger partial charge in [0.05, 0.1) is 12.7 Å². The second kappa shape index (κ2) is 3.73. The Labute approximate surface area is 91.7 Å². The highest BCUT2D eigenvalue weighted by Gasteiger charge is 2.11. The Morgan fingerprint density at radius 1 is 1.19 bits per heavy atom. The van der Waals surface area contributed by atoms with Crippen LogP contribution in [0.25, 0.3) is 10.8 Å². The Balaban J connectivity index is 2.77. The first-order valence-corrected chi connectivity index (χ1v) is 4.66. The molecule has 2 aromatic carbocycles. The van der Waals surface area contributed by atoms with Crippen molar-refractivity contribution >= 4 is 16.7 Å². The fraction of sp³-hybridized carbons (Fsp3) is 0.0833. The molecule has 2 aromatic rings. The van der Waals surface area contributed by atoms with Crippen molar-refractivity contribution in [3.63, 3.8) is 0 Å². The summed E-state index contributed by atoms with van der Waals surface area (Å²) in [6, 6.07) is 7.77. The number of phenolic OH excluding ortho intramolecular Hbond substituents is 2. The largest absolute Gasteiger partial charge is 0.504 e. The van der Waals surface area contributed by atoms with Crippen molar-refractivity contribution < 1.29 is 19.7 Å². The number of aromatic hydroxyl groups is 2. The van der Waals surface area contributed by atoms with Crippen molar-refractivity contribution in [3.05, 3.63) is 35.9 Å². The van der Waals surface area contributed by atoms with E-state index in [-0.39, 0.29) is 11.5 Å². The molecule has 0 aromatic heterocycles. The number of benzene rings is 2. The molecule has 0 spiro atoms. The number of fused-ring (bicyclic) bond motifs is 1. The molecule has 0 saturated carbocycles. The van der Waals surface area contributed by atoms with Gasteiger partial charge in [0.1, 0.15) is 0 Å². The molecule has 2 rings (SSSR count). The molecular formula is C12H10O4. The number of esters is 1. The number of rotatable bonds is 1. The van der Waals surface area contributed by atoms with Crippen molar-refractivity contribution in [1.82, 2.24) is 0 Å². The molecular weight excluding hydrogens is 208 g/mol. The fourth-order valence-corrected chi connectivity index (χ4v) is 1.59. The van der Waals surface area contributed by atoms with Crippen molar-refractivity contribution in [2.24, 2.45) is 0 Å². The number of carbonyl (C=O) groups excluding carboxylic acids is 1. The lowest BCUT2D eigenvalue weighted by Crippen LogP contribution is -2.01. The second-order valence-electron chi connectivity index (χ2n) is 3.36. The molecule has 0 unspecified atom stereocenters. The molecule has 0 aliphatic heterocycles. The van der Waals surface area contributed by atoms with E-state index in [1.165, 1.54) is 19.2 Å². The van der Waals surface area contributed by atoms with Crippen molar-refractivity contribution in [3.8, 4) is 11.5 Å². The van der Waals surface area contributed by atoms with Gasteiger partial charge in [-0.05, 0) is 23.6 Å². The predicted octanol–water partition coefficient (Wildman–Crippen LogP) is 2.04. The number of methoxy groups -OCH3 is 1. The lowest BCUT2D eigenvalue weighted by molar-refractivity contribution is 0.0603. The maximum atomic E-state index is 11.5. The SMILES string of the molecule is COC(=O)c1cccc2cc(O)c(O)cc12. The maximum absolute atomic E-state index is 11.5. The number of phenols is 2. The topological polar surface area (TPSA) is 66.8 Å². The van der Waals surface area contributed by atoms with E-state index in [0.29, 0.717) is 16.3 Å². The first-order chi connectivity index (χ1) is 7.63. The lowest BCUT2D eigenvalue weighted by Gasteiger charge is -2.06. The summed E-state index contributed by atoms with van der Waals surface area (Å²) in [5.74, 6) is -0.950. The third-order valence-corrected chi connectivity index (χ3v) is 2.38. The normalized spacial score (nSPS) is 10.3. The minimum Gasteiger partial charge on any atom is -0.504 e. The predicted molar refractivity (Wildman–Crippen MR) is 58.6 cm³/mol. The van der Waals surface area contributed by atoms with Gasteiger partial charge in [0.2, 0.25) is 0 Å². The molecule has 0 fully saturated rings. The maximum Gasteiger partial charge on any atom is 0.338 e. The van der Waals surface area contributed by atoms with Crippen molar-refractivity contribution in [2.45, 2.75) is 0 Å². The van der Waals surface area contributed by atoms with Crippen LogP contribution in [0.2, 0.25) is 0 Å². The first-order valence-electron chi connectivity index (χ1n) is 4.66. The molecule has 0 amide bonds. The van der Waals surface area contributed by atoms with Crippen LogP contribution in [0.4, 0.5) is 0 Å². The quantitative estimate of drug-likeness (QED) is 0.567. The van der Waals surface area contributed by atoms with Crippen LogP contribution in [0.1, 0.15) is 10.4 Å². The minimum absolute atomic E-state index is 0.213. The average molecular weight is 218 g/mol. The van der Waals surface area contributed by atoms with E-state index in [4.69, 9.17) is 0 Å². The van der Waals surface area contributed by atoms with Gasteiger partial charge < -0.3 is 14.9 Å². The molecule has 0 radical (unpaired) electrons. The molecule has 0 aliphatic carbocycles. The molecule has 4 heteroatoms. The summed E-state index contributed by atoms with van der Waals surface area (Å²) in [5, 5.41) is 19.9. The minimum atomic E-state index is -0.476. The summed E-state index contributed by atoms with van der Waals surface area (Å²) in [7, 11) is 1.29. The highest BCUT2D eigenvalue weighted by atomic mass is 16.5. The van der Waals surface area contributed by atoms with E-state index in [0.717, 1.165) is 0 Å². The zero-order valence-corrected chi connectivity index (χ0v) is 8.60. The van der Waals surface area contributed by atoms with Crippen molar-refractivity contribution in [1.29, 1.82) is 0 Å². The van der Waals surface area contributed by atoms with E-state index in [9.17, 15) is 15.0 Å². The zero-order valence-electron chi connectivity index (χ0n) is 8.60. The monoisotopic (exact) mass is 218 g/mol. The summed E-state index contributed by atoms with van der Waals surface area (Å²) in [6.07, 6.45) is 0. The average Bonchev–Trinajstić information content (AvgIpc) is 2.29. The third kappa shape index (κ3) is 1.54. The van der Waals surface area contributed by atoms with Crippen LogP contribution in [0, 0.1) is 0 Å². The number of hydrogen-bond donors (Lipinski definition) is 2. The van der Waals surface area contributed by atoms with E-state index >= 15 is 0 Å². The molecule has 82 valence electrons. The Kier molecular flexibility index (Phi) is 2.40. The van der Waals surface area contributed by atoms with Gasteiger partial charge in [-0.25, -0.2) is 4.79 Å². The number of carbonyl (C=O) groups is 1. The van der Waals surface area contributed by atoms with Gasteiger partial charge in [0, 0.05) is 5.39 Å². The second-order valence-corrected chi connectivity index (χ2v) is 3.36. The van der Waals surface area contributed by atoms with Gasteiger partial charge in [-0.15, -0.1) is 0 Å². The summed E-state index contributed by atoms with van der Waals surface area (Å²) in [6.45, 7) is 0. The fourth-order valence-electron chi connectivity index (χ4n) is 1.59. The summed E-state index contributed by atoms with van der Waals surface area (Å²) in [5.41, 5.74) is 0.357. The number of ether oxygens (including phenoxy) is 1. The van der Waals surface area contributed by atoms with Gasteiger partial charge in [-0.3, -0.25) is 0 Å². The molecule has 2 N–H and O–H groups in total. The van der Waals surface area contributed by atoms with Crippen LogP contribution in [0.5, 0.6) is 11.5 Å². The Bertz CT molecular complexity index is 560. The van der Waals surface area contributed by atoms with E-state index in [1.54, 1.807) is 18.2 Å². The summed E-state index contributed by atoms with van der Waals surface area (Å²) >= 11 is 0. The van der Waals surface area contributed by atoms with Gasteiger partial charge in [0.15, 0.2) is 11.5 Å². The van der Waals surface area contributed by atoms with Gasteiger partial charge in [-0.2, -0.15) is 0 Å². The standard InChI is InChI=1S/C12H10O4/c1-16-12(15)8-4-2-3-7-5-10(13)11(14)6-9(7)8/h2-6,13-14H,1H3. The molecule has 4 nitrogen and oxygen atoms in total. The van der Waals surface area contributed by atoms with E-state index in [2.05, 4.69) is 4.74 Å². The van der Waals surface area contributed by atoms with Crippen LogP contribution >= 0.6 is 0 Å². The Hall–Kier alpha value is -2.23. The lowest BCUT2D eigenvalue weighted by atomic mass is 10.0. The van der Waals surface area contributed by atoms with Crippen molar-refractivity contribution in [2.75, 3.05) is 7.11 Å². The molecule has 0 aliphatic rings. The molecule has 0 saturated heterocycles. The van der Waals surface area contributed by atoms with Gasteiger partial charge in [-0.1, -0.05) is 12.1 Å². The van der Waals surface area contributed by atoms with Crippen LogP contribution in [0.3, 0.4) is 0 Å². The van der Waals surface area contributed by atoms with E-state index in [1.807, 2.05) is 0 Å². The Morgan fingerprint density at radius 2 is 1.88 bits per heavy atom. The van der Waals surface area contributed by atoms with Crippen LogP contribution < -0.4 is 0 Å². The van der Waals surface area contributed by atoms with Crippen LogP contribution in [0.15, 0.2) is 30.3 Å². The number of hydrogen-bond acceptors (Lipinski definition) is 4. The highest BCUT2D eigenvalue weighted by molar-refractivity contribution is 6.05. The molecule has 16 heavy (non-hydrogen) atoms. The van der Waals surface area contributed by atoms with Gasteiger partial charge >= 0.3 is 5.97 Å². The van der Waals surface area contributed by atoms with Crippen LogP contribution in [-0.4, -0.2) is 23.3 Å². The molecule has 0 heterocycles. The third-order valence-electron chi connectivity index (χ3n) is 2.38. The molecule has 0 atom stereocenters. The smallest absolute Gasteiger partial charge is 0.338 e.